The van der Waals surface area contributed by atoms with Crippen molar-refractivity contribution in [3.05, 3.63) is 46.0 Å². The number of pyridine rings is 1. The molecular formula is C11H11N3O2. The quantitative estimate of drug-likeness (QED) is 0.765. The molecule has 82 valence electrons. The van der Waals surface area contributed by atoms with Crippen LogP contribution in [0.25, 0.3) is 5.82 Å². The van der Waals surface area contributed by atoms with Crippen molar-refractivity contribution in [3.8, 4) is 5.82 Å². The number of carbonyl (C=O) groups is 1. The predicted octanol–water partition coefficient (Wildman–Crippen LogP) is 1.07. The number of nitrogens with zero attached hydrogens (tertiary/aromatic N) is 2. The first-order chi connectivity index (χ1) is 7.61. The van der Waals surface area contributed by atoms with Crippen LogP contribution in [0.3, 0.4) is 0 Å². The van der Waals surface area contributed by atoms with E-state index in [9.17, 15) is 9.59 Å². The van der Waals surface area contributed by atoms with Crippen molar-refractivity contribution >= 4 is 5.78 Å². The number of aromatic amines is 1. The molecule has 0 aromatic carbocycles. The van der Waals surface area contributed by atoms with Crippen LogP contribution in [0.5, 0.6) is 0 Å². The van der Waals surface area contributed by atoms with E-state index in [-0.39, 0.29) is 16.9 Å². The fraction of sp³-hybridized carbons (Fsp3) is 0.182. The second-order valence-corrected chi connectivity index (χ2v) is 3.50. The van der Waals surface area contributed by atoms with Crippen LogP contribution >= 0.6 is 0 Å². The number of hydrogen-bond donors (Lipinski definition) is 1. The van der Waals surface area contributed by atoms with Gasteiger partial charge in [0.2, 0.25) is 0 Å². The van der Waals surface area contributed by atoms with Crippen molar-refractivity contribution in [2.45, 2.75) is 13.8 Å². The third-order valence-electron chi connectivity index (χ3n) is 2.30. The first-order valence-electron chi connectivity index (χ1n) is 4.85. The van der Waals surface area contributed by atoms with Crippen molar-refractivity contribution in [1.29, 1.82) is 0 Å². The van der Waals surface area contributed by atoms with E-state index in [1.165, 1.54) is 11.6 Å². The third kappa shape index (κ3) is 1.56. The SMILES string of the molecule is CC(=O)c1c(C)[nH]n(-c2ccccn2)c1=O. The Morgan fingerprint density at radius 1 is 1.44 bits per heavy atom. The smallest absolute Gasteiger partial charge is 0.283 e. The number of rotatable bonds is 2. The Hall–Kier alpha value is -2.17. The van der Waals surface area contributed by atoms with Crippen molar-refractivity contribution < 1.29 is 4.79 Å². The zero-order valence-corrected chi connectivity index (χ0v) is 9.02. The summed E-state index contributed by atoms with van der Waals surface area (Å²) in [6, 6.07) is 5.23. The molecule has 0 fully saturated rings. The van der Waals surface area contributed by atoms with Crippen LogP contribution in [0.4, 0.5) is 0 Å². The highest BCUT2D eigenvalue weighted by molar-refractivity contribution is 5.94. The molecule has 0 saturated carbocycles. The molecule has 5 heteroatoms. The van der Waals surface area contributed by atoms with Gasteiger partial charge in [0.1, 0.15) is 5.56 Å². The molecule has 2 aromatic rings. The predicted molar refractivity (Wildman–Crippen MR) is 58.9 cm³/mol. The fourth-order valence-corrected chi connectivity index (χ4v) is 1.61. The summed E-state index contributed by atoms with van der Waals surface area (Å²) in [5.74, 6) is 0.233. The summed E-state index contributed by atoms with van der Waals surface area (Å²) >= 11 is 0. The van der Waals surface area contributed by atoms with E-state index in [2.05, 4.69) is 10.1 Å². The maximum atomic E-state index is 11.9. The van der Waals surface area contributed by atoms with Gasteiger partial charge in [0.15, 0.2) is 11.6 Å². The van der Waals surface area contributed by atoms with Gasteiger partial charge >= 0.3 is 0 Å². The first-order valence-corrected chi connectivity index (χ1v) is 4.85. The van der Waals surface area contributed by atoms with E-state index in [0.29, 0.717) is 11.5 Å². The van der Waals surface area contributed by atoms with Gasteiger partial charge in [0.25, 0.3) is 5.56 Å². The number of ketones is 1. The van der Waals surface area contributed by atoms with Crippen LogP contribution in [-0.2, 0) is 0 Å². The molecule has 0 bridgehead atoms. The van der Waals surface area contributed by atoms with Gasteiger partial charge in [-0.2, -0.15) is 0 Å². The first kappa shape index (κ1) is 10.4. The second kappa shape index (κ2) is 3.77. The van der Waals surface area contributed by atoms with Crippen LogP contribution in [0.2, 0.25) is 0 Å². The Morgan fingerprint density at radius 3 is 2.69 bits per heavy atom. The Morgan fingerprint density at radius 2 is 2.19 bits per heavy atom. The third-order valence-corrected chi connectivity index (χ3v) is 2.30. The number of aromatic nitrogens is 3. The molecule has 0 spiro atoms. The number of aryl methyl sites for hydroxylation is 1. The molecule has 0 aliphatic heterocycles. The lowest BCUT2D eigenvalue weighted by Gasteiger charge is -1.97. The Kier molecular flexibility index (Phi) is 2.44. The van der Waals surface area contributed by atoms with Gasteiger partial charge in [-0.3, -0.25) is 14.7 Å². The van der Waals surface area contributed by atoms with Gasteiger partial charge in [-0.15, -0.1) is 0 Å². The Bertz CT molecular complexity index is 581. The molecule has 1 N–H and O–H groups in total. The van der Waals surface area contributed by atoms with Crippen molar-refractivity contribution in [2.24, 2.45) is 0 Å². The lowest BCUT2D eigenvalue weighted by Crippen LogP contribution is -2.19. The topological polar surface area (TPSA) is 67.8 Å². The van der Waals surface area contributed by atoms with Crippen LogP contribution in [0, 0.1) is 6.92 Å². The van der Waals surface area contributed by atoms with E-state index in [0.717, 1.165) is 0 Å². The number of nitrogens with one attached hydrogen (secondary N) is 1. The molecule has 0 aliphatic carbocycles. The molecule has 0 radical (unpaired) electrons. The lowest BCUT2D eigenvalue weighted by atomic mass is 10.2. The molecule has 2 heterocycles. The van der Waals surface area contributed by atoms with Gasteiger partial charge < -0.3 is 0 Å². The van der Waals surface area contributed by atoms with Gasteiger partial charge in [0.05, 0.1) is 0 Å². The number of hydrogen-bond acceptors (Lipinski definition) is 3. The number of carbonyl (C=O) groups excluding carboxylic acids is 1. The minimum atomic E-state index is -0.358. The molecular weight excluding hydrogens is 206 g/mol. The summed E-state index contributed by atoms with van der Waals surface area (Å²) in [4.78, 5) is 27.2. The van der Waals surface area contributed by atoms with Gasteiger partial charge in [-0.05, 0) is 26.0 Å². The molecule has 2 rings (SSSR count). The Labute approximate surface area is 91.7 Å². The highest BCUT2D eigenvalue weighted by Gasteiger charge is 2.15. The molecule has 0 saturated heterocycles. The highest BCUT2D eigenvalue weighted by Crippen LogP contribution is 2.04. The van der Waals surface area contributed by atoms with E-state index < -0.39 is 0 Å². The summed E-state index contributed by atoms with van der Waals surface area (Å²) in [5.41, 5.74) is 0.387. The number of Topliss-reactive ketones (excluding diaryl/α,β-unsaturated/α-hetero) is 1. The molecule has 5 nitrogen and oxygen atoms in total. The largest absolute Gasteiger partial charge is 0.294 e. The highest BCUT2D eigenvalue weighted by atomic mass is 16.2. The molecule has 0 amide bonds. The van der Waals surface area contributed by atoms with Gasteiger partial charge in [0, 0.05) is 11.9 Å². The molecule has 0 atom stereocenters. The van der Waals surface area contributed by atoms with Crippen molar-refractivity contribution in [3.63, 3.8) is 0 Å². The van der Waals surface area contributed by atoms with E-state index in [1.807, 2.05) is 0 Å². The van der Waals surface area contributed by atoms with Crippen molar-refractivity contribution in [1.82, 2.24) is 14.8 Å². The van der Waals surface area contributed by atoms with E-state index in [4.69, 9.17) is 0 Å². The zero-order chi connectivity index (χ0) is 11.7. The van der Waals surface area contributed by atoms with E-state index >= 15 is 0 Å². The maximum absolute atomic E-state index is 11.9. The Balaban J connectivity index is 2.66. The minimum Gasteiger partial charge on any atom is -0.294 e. The zero-order valence-electron chi connectivity index (χ0n) is 9.02. The van der Waals surface area contributed by atoms with Crippen LogP contribution < -0.4 is 5.56 Å². The minimum absolute atomic E-state index is 0.186. The average Bonchev–Trinajstić information content (AvgIpc) is 2.55. The van der Waals surface area contributed by atoms with Crippen LogP contribution in [0.1, 0.15) is 23.0 Å². The van der Waals surface area contributed by atoms with E-state index in [1.54, 1.807) is 31.3 Å². The van der Waals surface area contributed by atoms with Gasteiger partial charge in [-0.25, -0.2) is 9.67 Å². The fourth-order valence-electron chi connectivity index (χ4n) is 1.61. The molecule has 2 aromatic heterocycles. The van der Waals surface area contributed by atoms with Gasteiger partial charge in [-0.1, -0.05) is 6.07 Å². The summed E-state index contributed by atoms with van der Waals surface area (Å²) in [6.07, 6.45) is 1.59. The normalized spacial score (nSPS) is 10.4. The van der Waals surface area contributed by atoms with Crippen LogP contribution in [0.15, 0.2) is 29.2 Å². The summed E-state index contributed by atoms with van der Waals surface area (Å²) < 4.78 is 1.27. The molecule has 0 aliphatic rings. The summed E-state index contributed by atoms with van der Waals surface area (Å²) in [6.45, 7) is 3.07. The maximum Gasteiger partial charge on any atom is 0.283 e. The standard InChI is InChI=1S/C11H11N3O2/c1-7-10(8(2)15)11(16)14(13-7)9-5-3-4-6-12-9/h3-6,13H,1-2H3. The molecule has 0 unspecified atom stereocenters. The summed E-state index contributed by atoms with van der Waals surface area (Å²) in [5, 5.41) is 2.83. The van der Waals surface area contributed by atoms with Crippen molar-refractivity contribution in [2.75, 3.05) is 0 Å². The summed E-state index contributed by atoms with van der Waals surface area (Å²) in [7, 11) is 0. The van der Waals surface area contributed by atoms with Crippen LogP contribution in [-0.4, -0.2) is 20.5 Å². The average molecular weight is 217 g/mol. The second-order valence-electron chi connectivity index (χ2n) is 3.50. The monoisotopic (exact) mass is 217 g/mol. The molecule has 16 heavy (non-hydrogen) atoms. The lowest BCUT2D eigenvalue weighted by molar-refractivity contribution is 0.101. The number of H-pyrrole nitrogens is 1.